The zero-order valence-electron chi connectivity index (χ0n) is 10.2. The average molecular weight is 214 g/mol. The van der Waals surface area contributed by atoms with E-state index in [0.29, 0.717) is 19.8 Å². The Morgan fingerprint density at radius 3 is 2.73 bits per heavy atom. The molecule has 1 aliphatic heterocycles. The van der Waals surface area contributed by atoms with Crippen molar-refractivity contribution in [1.82, 2.24) is 10.2 Å². The van der Waals surface area contributed by atoms with Gasteiger partial charge < -0.3 is 9.64 Å². The molecule has 1 unspecified atom stereocenters. The Morgan fingerprint density at radius 2 is 2.27 bits per heavy atom. The lowest BCUT2D eigenvalue weighted by Gasteiger charge is -2.21. The maximum atomic E-state index is 11.9. The SMILES string of the molecule is CCC1(C)NCN(CCOC(C)C)C1=O. The van der Waals surface area contributed by atoms with Crippen molar-refractivity contribution in [3.8, 4) is 0 Å². The van der Waals surface area contributed by atoms with Crippen molar-refractivity contribution in [2.75, 3.05) is 19.8 Å². The molecule has 1 saturated heterocycles. The van der Waals surface area contributed by atoms with Crippen LogP contribution < -0.4 is 5.32 Å². The van der Waals surface area contributed by atoms with Crippen LogP contribution in [0.25, 0.3) is 0 Å². The number of hydrogen-bond acceptors (Lipinski definition) is 3. The third kappa shape index (κ3) is 2.92. The standard InChI is InChI=1S/C11H22N2O2/c1-5-11(4)10(14)13(8-12-11)6-7-15-9(2)3/h9,12H,5-8H2,1-4H3. The molecule has 1 fully saturated rings. The van der Waals surface area contributed by atoms with Gasteiger partial charge in [0.15, 0.2) is 0 Å². The molecule has 0 radical (unpaired) electrons. The van der Waals surface area contributed by atoms with Gasteiger partial charge in [0.25, 0.3) is 0 Å². The highest BCUT2D eigenvalue weighted by Gasteiger charge is 2.40. The Balaban J connectivity index is 2.37. The van der Waals surface area contributed by atoms with Gasteiger partial charge in [-0.15, -0.1) is 0 Å². The largest absolute Gasteiger partial charge is 0.377 e. The highest BCUT2D eigenvalue weighted by molar-refractivity contribution is 5.87. The third-order valence-electron chi connectivity index (χ3n) is 2.94. The monoisotopic (exact) mass is 214 g/mol. The predicted octanol–water partition coefficient (Wildman–Crippen LogP) is 0.969. The lowest BCUT2D eigenvalue weighted by Crippen LogP contribution is -2.43. The molecule has 1 heterocycles. The van der Waals surface area contributed by atoms with E-state index in [1.165, 1.54) is 0 Å². The molecule has 1 aliphatic rings. The minimum absolute atomic E-state index is 0.192. The number of amides is 1. The van der Waals surface area contributed by atoms with Crippen LogP contribution in [0.3, 0.4) is 0 Å². The van der Waals surface area contributed by atoms with E-state index >= 15 is 0 Å². The molecular formula is C11H22N2O2. The van der Waals surface area contributed by atoms with E-state index in [0.717, 1.165) is 6.42 Å². The fourth-order valence-corrected chi connectivity index (χ4v) is 1.62. The highest BCUT2D eigenvalue weighted by atomic mass is 16.5. The number of ether oxygens (including phenoxy) is 1. The minimum Gasteiger partial charge on any atom is -0.377 e. The molecule has 0 spiro atoms. The fourth-order valence-electron chi connectivity index (χ4n) is 1.62. The van der Waals surface area contributed by atoms with Crippen molar-refractivity contribution in [1.29, 1.82) is 0 Å². The number of hydrogen-bond donors (Lipinski definition) is 1. The summed E-state index contributed by atoms with van der Waals surface area (Å²) in [7, 11) is 0. The Morgan fingerprint density at radius 1 is 1.60 bits per heavy atom. The molecule has 1 atom stereocenters. The molecule has 88 valence electrons. The molecule has 1 rings (SSSR count). The van der Waals surface area contributed by atoms with Crippen LogP contribution in [0.1, 0.15) is 34.1 Å². The van der Waals surface area contributed by atoms with Crippen LogP contribution in [0.5, 0.6) is 0 Å². The maximum absolute atomic E-state index is 11.9. The Hall–Kier alpha value is -0.610. The second-order valence-corrected chi connectivity index (χ2v) is 4.51. The summed E-state index contributed by atoms with van der Waals surface area (Å²) >= 11 is 0. The topological polar surface area (TPSA) is 41.6 Å². The molecule has 0 saturated carbocycles. The molecule has 1 N–H and O–H groups in total. The van der Waals surface area contributed by atoms with Crippen LogP contribution in [0.2, 0.25) is 0 Å². The first kappa shape index (κ1) is 12.5. The zero-order valence-corrected chi connectivity index (χ0v) is 10.2. The quantitative estimate of drug-likeness (QED) is 0.741. The van der Waals surface area contributed by atoms with Crippen molar-refractivity contribution >= 4 is 5.91 Å². The lowest BCUT2D eigenvalue weighted by atomic mass is 9.99. The van der Waals surface area contributed by atoms with Crippen molar-refractivity contribution in [3.05, 3.63) is 0 Å². The summed E-state index contributed by atoms with van der Waals surface area (Å²) in [5.74, 6) is 0.192. The number of carbonyl (C=O) groups is 1. The molecule has 0 aliphatic carbocycles. The molecule has 0 aromatic carbocycles. The van der Waals surface area contributed by atoms with Crippen LogP contribution in [0.15, 0.2) is 0 Å². The first-order valence-corrected chi connectivity index (χ1v) is 5.65. The van der Waals surface area contributed by atoms with Crippen molar-refractivity contribution in [3.63, 3.8) is 0 Å². The molecule has 15 heavy (non-hydrogen) atoms. The third-order valence-corrected chi connectivity index (χ3v) is 2.94. The van der Waals surface area contributed by atoms with Crippen LogP contribution in [0.4, 0.5) is 0 Å². The summed E-state index contributed by atoms with van der Waals surface area (Å²) in [6.45, 7) is 9.92. The summed E-state index contributed by atoms with van der Waals surface area (Å²) in [6.07, 6.45) is 1.06. The Labute approximate surface area is 92.0 Å². The number of nitrogens with one attached hydrogen (secondary N) is 1. The highest BCUT2D eigenvalue weighted by Crippen LogP contribution is 2.18. The van der Waals surface area contributed by atoms with E-state index in [9.17, 15) is 4.79 Å². The number of carbonyl (C=O) groups excluding carboxylic acids is 1. The second-order valence-electron chi connectivity index (χ2n) is 4.51. The van der Waals surface area contributed by atoms with Gasteiger partial charge in [-0.1, -0.05) is 6.92 Å². The normalized spacial score (nSPS) is 26.7. The van der Waals surface area contributed by atoms with Gasteiger partial charge in [0, 0.05) is 6.54 Å². The summed E-state index contributed by atoms with van der Waals surface area (Å²) in [5.41, 5.74) is -0.363. The van der Waals surface area contributed by atoms with Crippen LogP contribution in [-0.2, 0) is 9.53 Å². The predicted molar refractivity (Wildman–Crippen MR) is 59.5 cm³/mol. The van der Waals surface area contributed by atoms with Crippen molar-refractivity contribution < 1.29 is 9.53 Å². The van der Waals surface area contributed by atoms with Gasteiger partial charge in [-0.3, -0.25) is 10.1 Å². The summed E-state index contributed by atoms with van der Waals surface area (Å²) in [5, 5.41) is 3.24. The number of nitrogens with zero attached hydrogens (tertiary/aromatic N) is 1. The molecule has 4 nitrogen and oxygen atoms in total. The Bertz CT molecular complexity index is 231. The number of rotatable bonds is 5. The van der Waals surface area contributed by atoms with Crippen LogP contribution >= 0.6 is 0 Å². The van der Waals surface area contributed by atoms with E-state index in [1.807, 2.05) is 32.6 Å². The zero-order chi connectivity index (χ0) is 11.5. The van der Waals surface area contributed by atoms with E-state index < -0.39 is 0 Å². The average Bonchev–Trinajstić information content (AvgIpc) is 2.46. The molecule has 0 bridgehead atoms. The van der Waals surface area contributed by atoms with E-state index in [1.54, 1.807) is 0 Å². The maximum Gasteiger partial charge on any atom is 0.243 e. The van der Waals surface area contributed by atoms with Gasteiger partial charge in [0.1, 0.15) is 0 Å². The van der Waals surface area contributed by atoms with E-state index in [2.05, 4.69) is 5.32 Å². The van der Waals surface area contributed by atoms with Crippen LogP contribution in [0, 0.1) is 0 Å². The molecule has 0 aromatic heterocycles. The molecule has 0 aromatic rings. The van der Waals surface area contributed by atoms with Gasteiger partial charge in [-0.2, -0.15) is 0 Å². The first-order valence-electron chi connectivity index (χ1n) is 5.65. The second kappa shape index (κ2) is 4.94. The molecule has 4 heteroatoms. The van der Waals surface area contributed by atoms with Gasteiger partial charge >= 0.3 is 0 Å². The van der Waals surface area contributed by atoms with Crippen molar-refractivity contribution in [2.24, 2.45) is 0 Å². The lowest BCUT2D eigenvalue weighted by molar-refractivity contribution is -0.132. The van der Waals surface area contributed by atoms with Gasteiger partial charge in [-0.25, -0.2) is 0 Å². The van der Waals surface area contributed by atoms with E-state index in [4.69, 9.17) is 4.74 Å². The van der Waals surface area contributed by atoms with Gasteiger partial charge in [0.05, 0.1) is 24.9 Å². The molecular weight excluding hydrogens is 192 g/mol. The summed E-state index contributed by atoms with van der Waals surface area (Å²) in [4.78, 5) is 13.8. The van der Waals surface area contributed by atoms with Gasteiger partial charge in [0.2, 0.25) is 5.91 Å². The Kier molecular flexibility index (Phi) is 4.11. The van der Waals surface area contributed by atoms with Gasteiger partial charge in [-0.05, 0) is 27.2 Å². The summed E-state index contributed by atoms with van der Waals surface area (Å²) < 4.78 is 5.43. The smallest absolute Gasteiger partial charge is 0.243 e. The van der Waals surface area contributed by atoms with Crippen molar-refractivity contribution in [2.45, 2.75) is 45.8 Å². The summed E-state index contributed by atoms with van der Waals surface area (Å²) in [6, 6.07) is 0. The molecule has 1 amide bonds. The first-order chi connectivity index (χ1) is 6.99. The van der Waals surface area contributed by atoms with E-state index in [-0.39, 0.29) is 17.6 Å². The minimum atomic E-state index is -0.363. The fraction of sp³-hybridized carbons (Fsp3) is 0.909. The van der Waals surface area contributed by atoms with Crippen LogP contribution in [-0.4, -0.2) is 42.3 Å².